The van der Waals surface area contributed by atoms with Gasteiger partial charge in [0.05, 0.1) is 45.7 Å². The third-order valence-corrected chi connectivity index (χ3v) is 7.71. The first-order chi connectivity index (χ1) is 17.0. The van der Waals surface area contributed by atoms with Gasteiger partial charge in [-0.1, -0.05) is 18.2 Å². The highest BCUT2D eigenvalue weighted by Gasteiger charge is 2.45. The van der Waals surface area contributed by atoms with Crippen LogP contribution in [0.5, 0.6) is 0 Å². The molecule has 0 atom stereocenters. The number of aryl methyl sites for hydroxylation is 1. The quantitative estimate of drug-likeness (QED) is 0.442. The molecule has 9 nitrogen and oxygen atoms in total. The fourth-order valence-electron chi connectivity index (χ4n) is 4.13. The molecule has 3 heterocycles. The van der Waals surface area contributed by atoms with Crippen molar-refractivity contribution in [1.29, 1.82) is 0 Å². The van der Waals surface area contributed by atoms with Gasteiger partial charge in [-0.2, -0.15) is 0 Å². The van der Waals surface area contributed by atoms with E-state index >= 15 is 0 Å². The first kappa shape index (κ1) is 23.7. The molecule has 36 heavy (non-hydrogen) atoms. The van der Waals surface area contributed by atoms with Crippen LogP contribution in [0.4, 0.5) is 20.3 Å². The van der Waals surface area contributed by atoms with Gasteiger partial charge in [0.2, 0.25) is 0 Å². The lowest BCUT2D eigenvalue weighted by Gasteiger charge is -2.31. The Kier molecular flexibility index (Phi) is 5.62. The third-order valence-electron chi connectivity index (χ3n) is 5.91. The highest BCUT2D eigenvalue weighted by molar-refractivity contribution is 7.91. The highest BCUT2D eigenvalue weighted by Crippen LogP contribution is 2.45. The van der Waals surface area contributed by atoms with Crippen molar-refractivity contribution in [3.8, 4) is 0 Å². The van der Waals surface area contributed by atoms with Crippen molar-refractivity contribution in [2.45, 2.75) is 30.7 Å². The van der Waals surface area contributed by atoms with Crippen LogP contribution in [0.1, 0.15) is 33.7 Å². The van der Waals surface area contributed by atoms with Gasteiger partial charge in [-0.05, 0) is 30.7 Å². The van der Waals surface area contributed by atoms with Gasteiger partial charge in [-0.25, -0.2) is 32.2 Å². The van der Waals surface area contributed by atoms with Gasteiger partial charge in [0.25, 0.3) is 11.8 Å². The van der Waals surface area contributed by atoms with E-state index in [0.717, 1.165) is 11.0 Å². The van der Waals surface area contributed by atoms with E-state index in [-0.39, 0.29) is 23.6 Å². The molecule has 0 aliphatic carbocycles. The van der Waals surface area contributed by atoms with Crippen LogP contribution in [0.2, 0.25) is 0 Å². The number of fused-ring (bicyclic) bond motifs is 2. The van der Waals surface area contributed by atoms with Crippen LogP contribution >= 0.6 is 0 Å². The lowest BCUT2D eigenvalue weighted by Crippen LogP contribution is -2.35. The minimum absolute atomic E-state index is 0.0722. The Balaban J connectivity index is 1.68. The van der Waals surface area contributed by atoms with E-state index in [0.29, 0.717) is 22.4 Å². The molecule has 0 saturated carbocycles. The van der Waals surface area contributed by atoms with E-state index in [4.69, 9.17) is 5.73 Å². The number of alkyl halides is 2. The Morgan fingerprint density at radius 1 is 1.08 bits per heavy atom. The zero-order valence-electron chi connectivity index (χ0n) is 19.0. The summed E-state index contributed by atoms with van der Waals surface area (Å²) in [6.45, 7) is 1.51. The van der Waals surface area contributed by atoms with Crippen molar-refractivity contribution < 1.29 is 22.0 Å². The Labute approximate surface area is 205 Å². The molecule has 0 saturated heterocycles. The van der Waals surface area contributed by atoms with Crippen LogP contribution in [0.15, 0.2) is 59.9 Å². The maximum Gasteiger partial charge on any atom is 0.275 e. The summed E-state index contributed by atoms with van der Waals surface area (Å²) in [5.74, 6) is -4.09. The predicted molar refractivity (Wildman–Crippen MR) is 128 cm³/mol. The smallest absolute Gasteiger partial charge is 0.275 e. The van der Waals surface area contributed by atoms with Crippen molar-refractivity contribution in [3.63, 3.8) is 0 Å². The number of nitrogens with zero attached hydrogens (tertiary/aromatic N) is 5. The van der Waals surface area contributed by atoms with Crippen molar-refractivity contribution in [2.24, 2.45) is 0 Å². The molecule has 1 aliphatic heterocycles. The molecule has 0 bridgehead atoms. The minimum Gasteiger partial charge on any atom is -0.382 e. The van der Waals surface area contributed by atoms with E-state index in [9.17, 15) is 22.0 Å². The van der Waals surface area contributed by atoms with Crippen molar-refractivity contribution in [3.05, 3.63) is 77.5 Å². The highest BCUT2D eigenvalue weighted by atomic mass is 32.2. The fourth-order valence-corrected chi connectivity index (χ4v) is 5.91. The molecular formula is C24H20F2N6O3S. The Hall–Kier alpha value is -4.06. The normalized spacial score (nSPS) is 15.9. The monoisotopic (exact) mass is 510 g/mol. The van der Waals surface area contributed by atoms with Gasteiger partial charge < -0.3 is 10.6 Å². The second kappa shape index (κ2) is 8.55. The number of aromatic nitrogens is 4. The largest absolute Gasteiger partial charge is 0.382 e. The summed E-state index contributed by atoms with van der Waals surface area (Å²) >= 11 is 0. The third kappa shape index (κ3) is 4.24. The maximum absolute atomic E-state index is 14.8. The van der Waals surface area contributed by atoms with Crippen LogP contribution in [-0.4, -0.2) is 40.0 Å². The molecule has 0 spiro atoms. The number of halogens is 2. The minimum atomic E-state index is -4.09. The lowest BCUT2D eigenvalue weighted by molar-refractivity contribution is -0.0126. The van der Waals surface area contributed by atoms with E-state index in [1.807, 2.05) is 0 Å². The molecule has 12 heteroatoms. The number of amides is 1. The van der Waals surface area contributed by atoms with E-state index < -0.39 is 44.3 Å². The van der Waals surface area contributed by atoms with Crippen molar-refractivity contribution >= 4 is 38.3 Å². The van der Waals surface area contributed by atoms with Crippen molar-refractivity contribution in [2.75, 3.05) is 16.4 Å². The SMILES string of the molecule is Cc1ncc(C(=O)N(Cc2ccc3ncc(N)nc3c2)c2cccc3c2S(=O)(=O)CCC3(F)F)cn1. The second-order valence-corrected chi connectivity index (χ2v) is 10.5. The Morgan fingerprint density at radius 2 is 1.83 bits per heavy atom. The van der Waals surface area contributed by atoms with Crippen LogP contribution < -0.4 is 10.6 Å². The van der Waals surface area contributed by atoms with E-state index in [2.05, 4.69) is 19.9 Å². The molecule has 5 rings (SSSR count). The summed E-state index contributed by atoms with van der Waals surface area (Å²) < 4.78 is 55.6. The molecule has 0 radical (unpaired) electrons. The summed E-state index contributed by atoms with van der Waals surface area (Å²) in [5, 5.41) is 0. The average Bonchev–Trinajstić information content (AvgIpc) is 2.85. The van der Waals surface area contributed by atoms with Gasteiger partial charge in [0.1, 0.15) is 11.6 Å². The molecule has 2 aromatic carbocycles. The zero-order valence-corrected chi connectivity index (χ0v) is 19.8. The molecule has 0 fully saturated rings. The van der Waals surface area contributed by atoms with E-state index in [1.54, 1.807) is 25.1 Å². The fraction of sp³-hybridized carbons (Fsp3) is 0.208. The Morgan fingerprint density at radius 3 is 2.58 bits per heavy atom. The first-order valence-corrected chi connectivity index (χ1v) is 12.6. The Bertz CT molecular complexity index is 1610. The number of nitrogen functional groups attached to an aromatic ring is 1. The number of anilines is 2. The number of carbonyl (C=O) groups is 1. The van der Waals surface area contributed by atoms with Crippen LogP contribution in [0, 0.1) is 6.92 Å². The molecule has 2 aromatic heterocycles. The molecular weight excluding hydrogens is 490 g/mol. The summed E-state index contributed by atoms with van der Waals surface area (Å²) in [6, 6.07) is 8.79. The number of carbonyl (C=O) groups excluding carboxylic acids is 1. The summed E-state index contributed by atoms with van der Waals surface area (Å²) in [5.41, 5.74) is 6.64. The molecule has 1 amide bonds. The van der Waals surface area contributed by atoms with Gasteiger partial charge >= 0.3 is 0 Å². The number of hydrogen-bond donors (Lipinski definition) is 1. The number of sulfone groups is 1. The lowest BCUT2D eigenvalue weighted by atomic mass is 10.0. The van der Waals surface area contributed by atoms with Gasteiger partial charge in [-0.3, -0.25) is 9.78 Å². The molecule has 0 unspecified atom stereocenters. The van der Waals surface area contributed by atoms with Crippen LogP contribution in [0.3, 0.4) is 0 Å². The van der Waals surface area contributed by atoms with Gasteiger partial charge in [0.15, 0.2) is 9.84 Å². The summed E-state index contributed by atoms with van der Waals surface area (Å²) in [4.78, 5) is 30.8. The molecule has 2 N–H and O–H groups in total. The number of rotatable bonds is 4. The topological polar surface area (TPSA) is 132 Å². The van der Waals surface area contributed by atoms with Crippen molar-refractivity contribution in [1.82, 2.24) is 19.9 Å². The van der Waals surface area contributed by atoms with Gasteiger partial charge in [-0.15, -0.1) is 0 Å². The van der Waals surface area contributed by atoms with Gasteiger partial charge in [0, 0.05) is 24.4 Å². The standard InChI is InChI=1S/C24H20F2N6O3S/c1-14-28-10-16(11-29-14)23(33)32(13-15-5-6-18-19(9-15)31-21(27)12-30-18)20-4-2-3-17-22(20)36(34,35)8-7-24(17,25)26/h2-6,9-12H,7-8,13H2,1H3,(H2,27,31). The number of hydrogen-bond acceptors (Lipinski definition) is 8. The van der Waals surface area contributed by atoms with E-state index in [1.165, 1.54) is 30.7 Å². The predicted octanol–water partition coefficient (Wildman–Crippen LogP) is 3.43. The number of nitrogens with two attached hydrogens (primary N) is 1. The molecule has 184 valence electrons. The second-order valence-electron chi connectivity index (χ2n) is 8.46. The zero-order chi connectivity index (χ0) is 25.7. The summed E-state index contributed by atoms with van der Waals surface area (Å²) in [6.07, 6.45) is 3.21. The number of benzene rings is 2. The molecule has 4 aromatic rings. The summed E-state index contributed by atoms with van der Waals surface area (Å²) in [7, 11) is -4.09. The van der Waals surface area contributed by atoms with Crippen LogP contribution in [-0.2, 0) is 22.3 Å². The first-order valence-electron chi connectivity index (χ1n) is 10.9. The average molecular weight is 511 g/mol. The maximum atomic E-state index is 14.8. The van der Waals surface area contributed by atoms with Crippen LogP contribution in [0.25, 0.3) is 11.0 Å². The molecule has 1 aliphatic rings.